The van der Waals surface area contributed by atoms with E-state index in [0.29, 0.717) is 12.2 Å². The lowest BCUT2D eigenvalue weighted by molar-refractivity contribution is 0.301. The quantitative estimate of drug-likeness (QED) is 0.555. The summed E-state index contributed by atoms with van der Waals surface area (Å²) in [6.07, 6.45) is 5.58. The smallest absolute Gasteiger partial charge is 0.125 e. The van der Waals surface area contributed by atoms with E-state index in [1.165, 1.54) is 0 Å². The molecule has 0 bridgehead atoms. The number of nitriles is 1. The second-order valence-corrected chi connectivity index (χ2v) is 7.01. The van der Waals surface area contributed by atoms with Crippen molar-refractivity contribution in [3.05, 3.63) is 81.8 Å². The van der Waals surface area contributed by atoms with Crippen molar-refractivity contribution in [2.75, 3.05) is 0 Å². The highest BCUT2D eigenvalue weighted by atomic mass is 79.9. The largest absolute Gasteiger partial charge is 0.489 e. The molecule has 0 aliphatic carbocycles. The van der Waals surface area contributed by atoms with Crippen molar-refractivity contribution >= 4 is 15.9 Å². The summed E-state index contributed by atoms with van der Waals surface area (Å²) < 4.78 is 7.16. The standard InChI is InChI=1S/C21H20BrN3O/c1-2-3-19(21-24-10-11-25-21)18-9-6-16(13-23)12-20(18)26-14-15-4-7-17(22)8-5-15/h4-12,19H,2-3,14H2,1H3,(H,24,25). The summed E-state index contributed by atoms with van der Waals surface area (Å²) >= 11 is 3.44. The first-order valence-corrected chi connectivity index (χ1v) is 9.41. The number of H-pyrrole nitrogens is 1. The van der Waals surface area contributed by atoms with E-state index in [-0.39, 0.29) is 5.92 Å². The molecular weight excluding hydrogens is 390 g/mol. The second kappa shape index (κ2) is 8.68. The predicted octanol–water partition coefficient (Wildman–Crippen LogP) is 5.55. The minimum absolute atomic E-state index is 0.114. The molecule has 1 aromatic heterocycles. The summed E-state index contributed by atoms with van der Waals surface area (Å²) in [4.78, 5) is 7.66. The Morgan fingerprint density at radius 3 is 2.69 bits per heavy atom. The molecule has 0 fully saturated rings. The molecule has 3 aromatic rings. The summed E-state index contributed by atoms with van der Waals surface area (Å²) in [5.41, 5.74) is 2.72. The van der Waals surface area contributed by atoms with Gasteiger partial charge < -0.3 is 9.72 Å². The number of nitrogens with one attached hydrogen (secondary N) is 1. The van der Waals surface area contributed by atoms with Crippen molar-refractivity contribution in [3.63, 3.8) is 0 Å². The van der Waals surface area contributed by atoms with Gasteiger partial charge in [-0.05, 0) is 36.2 Å². The molecule has 3 rings (SSSR count). The number of halogens is 1. The number of ether oxygens (including phenoxy) is 1. The van der Waals surface area contributed by atoms with E-state index >= 15 is 0 Å². The van der Waals surface area contributed by atoms with E-state index < -0.39 is 0 Å². The van der Waals surface area contributed by atoms with Gasteiger partial charge in [-0.2, -0.15) is 5.26 Å². The van der Waals surface area contributed by atoms with Crippen LogP contribution in [0.15, 0.2) is 59.3 Å². The lowest BCUT2D eigenvalue weighted by atomic mass is 9.92. The lowest BCUT2D eigenvalue weighted by Gasteiger charge is -2.19. The lowest BCUT2D eigenvalue weighted by Crippen LogP contribution is -2.07. The van der Waals surface area contributed by atoms with Gasteiger partial charge in [0.1, 0.15) is 18.2 Å². The number of rotatable bonds is 7. The SMILES string of the molecule is CCCC(c1ncc[nH]1)c1ccc(C#N)cc1OCc1ccc(Br)cc1. The van der Waals surface area contributed by atoms with Gasteiger partial charge >= 0.3 is 0 Å². The summed E-state index contributed by atoms with van der Waals surface area (Å²) in [6.45, 7) is 2.61. The highest BCUT2D eigenvalue weighted by Gasteiger charge is 2.20. The molecular formula is C21H20BrN3O. The van der Waals surface area contributed by atoms with Gasteiger partial charge in [0.25, 0.3) is 0 Å². The van der Waals surface area contributed by atoms with Crippen LogP contribution in [-0.2, 0) is 6.61 Å². The van der Waals surface area contributed by atoms with Crippen LogP contribution in [0.4, 0.5) is 0 Å². The zero-order valence-corrected chi connectivity index (χ0v) is 16.2. The van der Waals surface area contributed by atoms with E-state index in [1.54, 1.807) is 6.20 Å². The van der Waals surface area contributed by atoms with E-state index in [9.17, 15) is 5.26 Å². The summed E-state index contributed by atoms with van der Waals surface area (Å²) in [6, 6.07) is 15.9. The molecule has 0 aliphatic rings. The number of imidazole rings is 1. The Kier molecular flexibility index (Phi) is 6.08. The molecule has 0 aliphatic heterocycles. The van der Waals surface area contributed by atoms with Gasteiger partial charge in [0.2, 0.25) is 0 Å². The third-order valence-electron chi connectivity index (χ3n) is 4.25. The highest BCUT2D eigenvalue weighted by Crippen LogP contribution is 2.35. The average molecular weight is 410 g/mol. The van der Waals surface area contributed by atoms with Gasteiger partial charge in [-0.15, -0.1) is 0 Å². The van der Waals surface area contributed by atoms with Gasteiger partial charge in [-0.1, -0.05) is 47.5 Å². The third kappa shape index (κ3) is 4.33. The fraction of sp³-hybridized carbons (Fsp3) is 0.238. The van der Waals surface area contributed by atoms with Crippen LogP contribution in [-0.4, -0.2) is 9.97 Å². The molecule has 1 unspecified atom stereocenters. The summed E-state index contributed by atoms with van der Waals surface area (Å²) in [7, 11) is 0. The Labute approximate surface area is 162 Å². The Hall–Kier alpha value is -2.58. The molecule has 5 heteroatoms. The molecule has 1 N–H and O–H groups in total. The maximum Gasteiger partial charge on any atom is 0.125 e. The zero-order chi connectivity index (χ0) is 18.4. The molecule has 0 radical (unpaired) electrons. The summed E-state index contributed by atoms with van der Waals surface area (Å²) in [5.74, 6) is 1.77. The molecule has 26 heavy (non-hydrogen) atoms. The van der Waals surface area contributed by atoms with Crippen LogP contribution in [0.3, 0.4) is 0 Å². The molecule has 0 spiro atoms. The van der Waals surface area contributed by atoms with Crippen LogP contribution in [0, 0.1) is 11.3 Å². The fourth-order valence-electron chi connectivity index (χ4n) is 2.95. The highest BCUT2D eigenvalue weighted by molar-refractivity contribution is 9.10. The fourth-order valence-corrected chi connectivity index (χ4v) is 3.22. The molecule has 132 valence electrons. The van der Waals surface area contributed by atoms with Gasteiger partial charge in [-0.3, -0.25) is 0 Å². The Morgan fingerprint density at radius 1 is 1.23 bits per heavy atom. The van der Waals surface area contributed by atoms with Crippen molar-refractivity contribution in [2.24, 2.45) is 0 Å². The first-order valence-electron chi connectivity index (χ1n) is 8.61. The number of aromatic nitrogens is 2. The third-order valence-corrected chi connectivity index (χ3v) is 4.78. The molecule has 0 saturated carbocycles. The maximum atomic E-state index is 9.27. The Balaban J connectivity index is 1.91. The van der Waals surface area contributed by atoms with Crippen LogP contribution in [0.25, 0.3) is 0 Å². The number of benzene rings is 2. The molecule has 2 aromatic carbocycles. The van der Waals surface area contributed by atoms with Crippen LogP contribution in [0.5, 0.6) is 5.75 Å². The molecule has 0 saturated heterocycles. The zero-order valence-electron chi connectivity index (χ0n) is 14.6. The average Bonchev–Trinajstić information content (AvgIpc) is 3.20. The van der Waals surface area contributed by atoms with Gasteiger partial charge in [0.15, 0.2) is 0 Å². The maximum absolute atomic E-state index is 9.27. The Bertz CT molecular complexity index is 883. The minimum atomic E-state index is 0.114. The van der Waals surface area contributed by atoms with E-state index in [1.807, 2.05) is 48.7 Å². The summed E-state index contributed by atoms with van der Waals surface area (Å²) in [5, 5.41) is 9.27. The second-order valence-electron chi connectivity index (χ2n) is 6.10. The normalized spacial score (nSPS) is 11.7. The van der Waals surface area contributed by atoms with Crippen LogP contribution in [0.2, 0.25) is 0 Å². The molecule has 1 atom stereocenters. The van der Waals surface area contributed by atoms with Crippen molar-refractivity contribution in [2.45, 2.75) is 32.3 Å². The van der Waals surface area contributed by atoms with Crippen molar-refractivity contribution in [1.82, 2.24) is 9.97 Å². The topological polar surface area (TPSA) is 61.7 Å². The first kappa shape index (κ1) is 18.2. The molecule has 0 amide bonds. The van der Waals surface area contributed by atoms with Crippen LogP contribution in [0.1, 0.15) is 48.2 Å². The predicted molar refractivity (Wildman–Crippen MR) is 105 cm³/mol. The molecule has 4 nitrogen and oxygen atoms in total. The van der Waals surface area contributed by atoms with Gasteiger partial charge in [-0.25, -0.2) is 4.98 Å². The van der Waals surface area contributed by atoms with Crippen molar-refractivity contribution in [1.29, 1.82) is 5.26 Å². The van der Waals surface area contributed by atoms with Crippen LogP contribution < -0.4 is 4.74 Å². The monoisotopic (exact) mass is 409 g/mol. The molecule has 1 heterocycles. The Morgan fingerprint density at radius 2 is 2.04 bits per heavy atom. The number of hydrogen-bond donors (Lipinski definition) is 1. The number of hydrogen-bond acceptors (Lipinski definition) is 3. The van der Waals surface area contributed by atoms with E-state index in [2.05, 4.69) is 38.9 Å². The van der Waals surface area contributed by atoms with Crippen LogP contribution >= 0.6 is 15.9 Å². The van der Waals surface area contributed by atoms with E-state index in [0.717, 1.165) is 40.0 Å². The number of nitrogens with zero attached hydrogens (tertiary/aromatic N) is 2. The van der Waals surface area contributed by atoms with Gasteiger partial charge in [0, 0.05) is 28.3 Å². The van der Waals surface area contributed by atoms with Gasteiger partial charge in [0.05, 0.1) is 11.6 Å². The first-order chi connectivity index (χ1) is 12.7. The number of aromatic amines is 1. The minimum Gasteiger partial charge on any atom is -0.489 e. The van der Waals surface area contributed by atoms with Crippen molar-refractivity contribution < 1.29 is 4.74 Å². The van der Waals surface area contributed by atoms with Crippen molar-refractivity contribution in [3.8, 4) is 11.8 Å². The van der Waals surface area contributed by atoms with E-state index in [4.69, 9.17) is 4.74 Å².